The smallest absolute Gasteiger partial charge is 0.200 e. The molecule has 1 unspecified atom stereocenters. The quantitative estimate of drug-likeness (QED) is 0.773. The van der Waals surface area contributed by atoms with Gasteiger partial charge in [0.25, 0.3) is 0 Å². The van der Waals surface area contributed by atoms with E-state index in [0.29, 0.717) is 5.95 Å². The van der Waals surface area contributed by atoms with Crippen molar-refractivity contribution < 1.29 is 4.74 Å². The number of nitrogens with two attached hydrogens (primary N) is 1. The molecule has 5 heteroatoms. The maximum absolute atomic E-state index is 5.71. The largest absolute Gasteiger partial charge is 0.374 e. The van der Waals surface area contributed by atoms with Crippen LogP contribution in [0.5, 0.6) is 0 Å². The van der Waals surface area contributed by atoms with Gasteiger partial charge in [0.2, 0.25) is 0 Å². The SMILES string of the molecule is CCN1CCOC(Cn2ccnc2N)C1. The molecule has 2 heterocycles. The number of imidazole rings is 1. The molecule has 84 valence electrons. The predicted molar refractivity (Wildman–Crippen MR) is 58.5 cm³/mol. The van der Waals surface area contributed by atoms with Crippen LogP contribution in [-0.4, -0.2) is 46.8 Å². The molecule has 1 aliphatic rings. The van der Waals surface area contributed by atoms with E-state index >= 15 is 0 Å². The Hall–Kier alpha value is -1.07. The average molecular weight is 210 g/mol. The summed E-state index contributed by atoms with van der Waals surface area (Å²) in [4.78, 5) is 6.38. The molecule has 2 rings (SSSR count). The Bertz CT molecular complexity index is 312. The predicted octanol–water partition coefficient (Wildman–Crippen LogP) is 0.186. The lowest BCUT2D eigenvalue weighted by Crippen LogP contribution is -2.43. The minimum Gasteiger partial charge on any atom is -0.374 e. The van der Waals surface area contributed by atoms with E-state index in [2.05, 4.69) is 16.8 Å². The van der Waals surface area contributed by atoms with Crippen LogP contribution in [0.4, 0.5) is 5.95 Å². The van der Waals surface area contributed by atoms with Gasteiger partial charge in [0.05, 0.1) is 19.3 Å². The van der Waals surface area contributed by atoms with E-state index in [4.69, 9.17) is 10.5 Å². The summed E-state index contributed by atoms with van der Waals surface area (Å²) in [7, 11) is 0. The van der Waals surface area contributed by atoms with Gasteiger partial charge in [0, 0.05) is 25.5 Å². The molecule has 0 amide bonds. The second-order valence-corrected chi connectivity index (χ2v) is 3.82. The molecule has 1 fully saturated rings. The molecule has 5 nitrogen and oxygen atoms in total. The summed E-state index contributed by atoms with van der Waals surface area (Å²) in [6.07, 6.45) is 3.84. The zero-order valence-electron chi connectivity index (χ0n) is 9.09. The number of nitrogen functional groups attached to an aromatic ring is 1. The van der Waals surface area contributed by atoms with Gasteiger partial charge in [-0.15, -0.1) is 0 Å². The number of morpholine rings is 1. The molecule has 0 aliphatic carbocycles. The van der Waals surface area contributed by atoms with E-state index in [1.807, 2.05) is 10.8 Å². The summed E-state index contributed by atoms with van der Waals surface area (Å²) in [6, 6.07) is 0. The van der Waals surface area contributed by atoms with Crippen molar-refractivity contribution in [3.05, 3.63) is 12.4 Å². The first kappa shape index (κ1) is 10.4. The van der Waals surface area contributed by atoms with Crippen LogP contribution in [-0.2, 0) is 11.3 Å². The highest BCUT2D eigenvalue weighted by atomic mass is 16.5. The van der Waals surface area contributed by atoms with Crippen LogP contribution in [0.25, 0.3) is 0 Å². The third-order valence-corrected chi connectivity index (χ3v) is 2.82. The Balaban J connectivity index is 1.92. The maximum Gasteiger partial charge on any atom is 0.200 e. The van der Waals surface area contributed by atoms with Crippen LogP contribution in [0.15, 0.2) is 12.4 Å². The van der Waals surface area contributed by atoms with Gasteiger partial charge in [-0.1, -0.05) is 6.92 Å². The number of anilines is 1. The second kappa shape index (κ2) is 4.63. The summed E-state index contributed by atoms with van der Waals surface area (Å²) in [5.41, 5.74) is 5.71. The lowest BCUT2D eigenvalue weighted by atomic mass is 10.2. The molecule has 1 saturated heterocycles. The molecule has 15 heavy (non-hydrogen) atoms. The number of aromatic nitrogens is 2. The molecule has 0 aromatic carbocycles. The Morgan fingerprint density at radius 1 is 1.67 bits per heavy atom. The standard InChI is InChI=1S/C10H18N4O/c1-2-13-5-6-15-9(7-13)8-14-4-3-12-10(14)11/h3-4,9H,2,5-8H2,1H3,(H2,11,12). The van der Waals surface area contributed by atoms with E-state index in [9.17, 15) is 0 Å². The highest BCUT2D eigenvalue weighted by Crippen LogP contribution is 2.09. The van der Waals surface area contributed by atoms with Gasteiger partial charge in [-0.05, 0) is 6.54 Å². The van der Waals surface area contributed by atoms with E-state index < -0.39 is 0 Å². The van der Waals surface area contributed by atoms with Crippen molar-refractivity contribution in [1.29, 1.82) is 0 Å². The van der Waals surface area contributed by atoms with Crippen LogP contribution >= 0.6 is 0 Å². The fourth-order valence-corrected chi connectivity index (χ4v) is 1.89. The highest BCUT2D eigenvalue weighted by Gasteiger charge is 2.19. The van der Waals surface area contributed by atoms with E-state index in [0.717, 1.165) is 32.8 Å². The van der Waals surface area contributed by atoms with Crippen LogP contribution in [0.1, 0.15) is 6.92 Å². The van der Waals surface area contributed by atoms with Crippen molar-refractivity contribution in [2.75, 3.05) is 32.0 Å². The van der Waals surface area contributed by atoms with Crippen molar-refractivity contribution in [2.45, 2.75) is 19.6 Å². The van der Waals surface area contributed by atoms with E-state index in [-0.39, 0.29) is 6.10 Å². The monoisotopic (exact) mass is 210 g/mol. The first-order chi connectivity index (χ1) is 7.29. The summed E-state index contributed by atoms with van der Waals surface area (Å²) in [5.74, 6) is 0.562. The van der Waals surface area contributed by atoms with Crippen molar-refractivity contribution in [3.63, 3.8) is 0 Å². The van der Waals surface area contributed by atoms with Gasteiger partial charge in [-0.3, -0.25) is 4.90 Å². The summed E-state index contributed by atoms with van der Waals surface area (Å²) in [6.45, 7) is 6.88. The zero-order chi connectivity index (χ0) is 10.7. The molecule has 1 aromatic rings. The number of rotatable bonds is 3. The van der Waals surface area contributed by atoms with Gasteiger partial charge >= 0.3 is 0 Å². The first-order valence-electron chi connectivity index (χ1n) is 5.40. The Kier molecular flexibility index (Phi) is 3.23. The molecule has 1 aliphatic heterocycles. The Morgan fingerprint density at radius 3 is 3.20 bits per heavy atom. The lowest BCUT2D eigenvalue weighted by Gasteiger charge is -2.32. The third kappa shape index (κ3) is 2.49. The minimum absolute atomic E-state index is 0.232. The molecule has 1 atom stereocenters. The molecule has 0 spiro atoms. The maximum atomic E-state index is 5.71. The highest BCUT2D eigenvalue weighted by molar-refractivity contribution is 5.16. The van der Waals surface area contributed by atoms with E-state index in [1.54, 1.807) is 6.20 Å². The topological polar surface area (TPSA) is 56.3 Å². The molecule has 1 aromatic heterocycles. The molecule has 2 N–H and O–H groups in total. The number of hydrogen-bond donors (Lipinski definition) is 1. The third-order valence-electron chi connectivity index (χ3n) is 2.82. The minimum atomic E-state index is 0.232. The molecule has 0 radical (unpaired) electrons. The summed E-state index contributed by atoms with van der Waals surface area (Å²) >= 11 is 0. The van der Waals surface area contributed by atoms with Gasteiger partial charge in [0.1, 0.15) is 0 Å². The fourth-order valence-electron chi connectivity index (χ4n) is 1.89. The number of nitrogens with zero attached hydrogens (tertiary/aromatic N) is 3. The van der Waals surface area contributed by atoms with Gasteiger partial charge in [0.15, 0.2) is 5.95 Å². The van der Waals surface area contributed by atoms with Crippen LogP contribution in [0.2, 0.25) is 0 Å². The average Bonchev–Trinajstić information content (AvgIpc) is 2.65. The van der Waals surface area contributed by atoms with Crippen molar-refractivity contribution >= 4 is 5.95 Å². The van der Waals surface area contributed by atoms with Crippen molar-refractivity contribution in [2.24, 2.45) is 0 Å². The number of likely N-dealkylation sites (N-methyl/N-ethyl adjacent to an activating group) is 1. The Morgan fingerprint density at radius 2 is 2.53 bits per heavy atom. The zero-order valence-corrected chi connectivity index (χ0v) is 9.09. The summed E-state index contributed by atoms with van der Waals surface area (Å²) < 4.78 is 7.63. The molecular weight excluding hydrogens is 192 g/mol. The normalized spacial score (nSPS) is 23.1. The second-order valence-electron chi connectivity index (χ2n) is 3.82. The van der Waals surface area contributed by atoms with Crippen LogP contribution in [0, 0.1) is 0 Å². The van der Waals surface area contributed by atoms with Gasteiger partial charge in [-0.25, -0.2) is 4.98 Å². The molecular formula is C10H18N4O. The first-order valence-corrected chi connectivity index (χ1v) is 5.40. The Labute approximate surface area is 89.8 Å². The van der Waals surface area contributed by atoms with Gasteiger partial charge < -0.3 is 15.0 Å². The summed E-state index contributed by atoms with van der Waals surface area (Å²) in [5, 5.41) is 0. The van der Waals surface area contributed by atoms with Crippen molar-refractivity contribution in [1.82, 2.24) is 14.5 Å². The van der Waals surface area contributed by atoms with Crippen LogP contribution < -0.4 is 5.73 Å². The molecule has 0 bridgehead atoms. The van der Waals surface area contributed by atoms with Crippen molar-refractivity contribution in [3.8, 4) is 0 Å². The van der Waals surface area contributed by atoms with E-state index in [1.165, 1.54) is 0 Å². The van der Waals surface area contributed by atoms with Crippen LogP contribution in [0.3, 0.4) is 0 Å². The number of ether oxygens (including phenoxy) is 1. The number of hydrogen-bond acceptors (Lipinski definition) is 4. The van der Waals surface area contributed by atoms with Gasteiger partial charge in [-0.2, -0.15) is 0 Å². The molecule has 0 saturated carbocycles. The fraction of sp³-hybridized carbons (Fsp3) is 0.700. The lowest BCUT2D eigenvalue weighted by molar-refractivity contribution is -0.0340.